The number of pyridine rings is 1. The molecule has 4 rings (SSSR count). The van der Waals surface area contributed by atoms with Crippen LogP contribution in [0.15, 0.2) is 60.7 Å². The second kappa shape index (κ2) is 9.87. The van der Waals surface area contributed by atoms with Gasteiger partial charge < -0.3 is 10.2 Å². The van der Waals surface area contributed by atoms with Gasteiger partial charge in [-0.1, -0.05) is 48.5 Å². The highest BCUT2D eigenvalue weighted by Crippen LogP contribution is 2.26. The molecule has 1 N–H and O–H groups in total. The van der Waals surface area contributed by atoms with Gasteiger partial charge in [-0.2, -0.15) is 0 Å². The number of likely N-dealkylation sites (tertiary alicyclic amines) is 1. The molecule has 0 saturated carbocycles. The fourth-order valence-electron chi connectivity index (χ4n) is 3.68. The molecule has 1 unspecified atom stereocenters. The fourth-order valence-corrected chi connectivity index (χ4v) is 3.68. The Hall–Kier alpha value is -2.14. The molecule has 1 saturated heterocycles. The van der Waals surface area contributed by atoms with E-state index in [1.807, 2.05) is 72.6 Å². The average Bonchev–Trinajstić information content (AvgIpc) is 2.73. The van der Waals surface area contributed by atoms with Gasteiger partial charge in [-0.25, -0.2) is 4.98 Å². The molecule has 2 aromatic carbocycles. The third-order valence-electron chi connectivity index (χ3n) is 5.13. The van der Waals surface area contributed by atoms with Gasteiger partial charge in [0.05, 0.1) is 16.8 Å². The van der Waals surface area contributed by atoms with Crippen molar-refractivity contribution in [1.82, 2.24) is 15.2 Å². The SMILES string of the molecule is CNC1CCCN(C(=O)c2cc(-c3ccccc3)nc3ccccc23)C1.Cl.Cl. The predicted molar refractivity (Wildman–Crippen MR) is 120 cm³/mol. The van der Waals surface area contributed by atoms with Gasteiger partial charge in [0.1, 0.15) is 0 Å². The van der Waals surface area contributed by atoms with Crippen LogP contribution in [0, 0.1) is 0 Å². The quantitative estimate of drug-likeness (QED) is 0.678. The first kappa shape index (κ1) is 22.2. The third kappa shape index (κ3) is 4.46. The molecule has 4 nitrogen and oxygen atoms in total. The van der Waals surface area contributed by atoms with Crippen molar-refractivity contribution >= 4 is 41.6 Å². The highest BCUT2D eigenvalue weighted by atomic mass is 35.5. The highest BCUT2D eigenvalue weighted by molar-refractivity contribution is 6.07. The van der Waals surface area contributed by atoms with Crippen molar-refractivity contribution in [3.8, 4) is 11.3 Å². The molecule has 1 aliphatic heterocycles. The van der Waals surface area contributed by atoms with Crippen LogP contribution < -0.4 is 5.32 Å². The Morgan fingerprint density at radius 2 is 1.79 bits per heavy atom. The molecular weight excluding hydrogens is 393 g/mol. The largest absolute Gasteiger partial charge is 0.337 e. The first-order valence-corrected chi connectivity index (χ1v) is 9.18. The van der Waals surface area contributed by atoms with E-state index in [0.717, 1.165) is 53.7 Å². The van der Waals surface area contributed by atoms with Crippen LogP contribution in [0.3, 0.4) is 0 Å². The Morgan fingerprint density at radius 3 is 2.54 bits per heavy atom. The summed E-state index contributed by atoms with van der Waals surface area (Å²) in [5.74, 6) is 0.0979. The summed E-state index contributed by atoms with van der Waals surface area (Å²) in [6.45, 7) is 1.57. The highest BCUT2D eigenvalue weighted by Gasteiger charge is 2.25. The first-order valence-electron chi connectivity index (χ1n) is 9.18. The number of para-hydroxylation sites is 1. The van der Waals surface area contributed by atoms with Crippen LogP contribution in [0.5, 0.6) is 0 Å². The molecule has 1 aliphatic rings. The van der Waals surface area contributed by atoms with E-state index >= 15 is 0 Å². The molecular formula is C22H25Cl2N3O. The van der Waals surface area contributed by atoms with Crippen molar-refractivity contribution in [3.63, 3.8) is 0 Å². The van der Waals surface area contributed by atoms with Crippen LogP contribution >= 0.6 is 24.8 Å². The topological polar surface area (TPSA) is 45.2 Å². The van der Waals surface area contributed by atoms with E-state index in [1.165, 1.54) is 0 Å². The van der Waals surface area contributed by atoms with Crippen LogP contribution in [0.25, 0.3) is 22.2 Å². The van der Waals surface area contributed by atoms with Gasteiger partial charge in [0.15, 0.2) is 0 Å². The lowest BCUT2D eigenvalue weighted by molar-refractivity contribution is 0.0700. The Kier molecular flexibility index (Phi) is 7.81. The lowest BCUT2D eigenvalue weighted by atomic mass is 10.0. The van der Waals surface area contributed by atoms with Crippen molar-refractivity contribution in [1.29, 1.82) is 0 Å². The summed E-state index contributed by atoms with van der Waals surface area (Å²) in [6, 6.07) is 20.3. The maximum absolute atomic E-state index is 13.3. The van der Waals surface area contributed by atoms with E-state index in [4.69, 9.17) is 4.98 Å². The zero-order valence-corrected chi connectivity index (χ0v) is 17.4. The number of rotatable bonds is 3. The zero-order chi connectivity index (χ0) is 17.9. The van der Waals surface area contributed by atoms with Crippen LogP contribution in [-0.4, -0.2) is 42.0 Å². The van der Waals surface area contributed by atoms with Gasteiger partial charge in [0, 0.05) is 30.1 Å². The van der Waals surface area contributed by atoms with Crippen LogP contribution in [-0.2, 0) is 0 Å². The standard InChI is InChI=1S/C22H23N3O.2ClH/c1-23-17-10-7-13-25(15-17)22(26)19-14-21(16-8-3-2-4-9-16)24-20-12-6-5-11-18(19)20;;/h2-6,8-9,11-12,14,17,23H,7,10,13,15H2,1H3;2*1H. The van der Waals surface area contributed by atoms with Crippen LogP contribution in [0.2, 0.25) is 0 Å². The van der Waals surface area contributed by atoms with E-state index < -0.39 is 0 Å². The molecule has 1 amide bonds. The number of carbonyl (C=O) groups is 1. The smallest absolute Gasteiger partial charge is 0.254 e. The minimum atomic E-state index is 0. The summed E-state index contributed by atoms with van der Waals surface area (Å²) in [6.07, 6.45) is 2.15. The molecule has 28 heavy (non-hydrogen) atoms. The number of benzene rings is 2. The molecule has 1 aromatic heterocycles. The van der Waals surface area contributed by atoms with Crippen molar-refractivity contribution in [2.24, 2.45) is 0 Å². The number of nitrogens with zero attached hydrogens (tertiary/aromatic N) is 2. The number of halogens is 2. The molecule has 0 aliphatic carbocycles. The van der Waals surface area contributed by atoms with Gasteiger partial charge in [-0.3, -0.25) is 4.79 Å². The lowest BCUT2D eigenvalue weighted by Crippen LogP contribution is -2.47. The molecule has 0 spiro atoms. The van der Waals surface area contributed by atoms with E-state index in [1.54, 1.807) is 0 Å². The summed E-state index contributed by atoms with van der Waals surface area (Å²) in [4.78, 5) is 20.1. The van der Waals surface area contributed by atoms with Crippen LogP contribution in [0.1, 0.15) is 23.2 Å². The van der Waals surface area contributed by atoms with Crippen molar-refractivity contribution in [2.75, 3.05) is 20.1 Å². The number of fused-ring (bicyclic) bond motifs is 1. The average molecular weight is 418 g/mol. The van der Waals surface area contributed by atoms with Crippen molar-refractivity contribution < 1.29 is 4.79 Å². The number of likely N-dealkylation sites (N-methyl/N-ethyl adjacent to an activating group) is 1. The maximum atomic E-state index is 13.3. The minimum absolute atomic E-state index is 0. The number of piperidine rings is 1. The van der Waals surface area contributed by atoms with Gasteiger partial charge in [-0.15, -0.1) is 24.8 Å². The maximum Gasteiger partial charge on any atom is 0.254 e. The molecule has 148 valence electrons. The number of carbonyl (C=O) groups excluding carboxylic acids is 1. The van der Waals surface area contributed by atoms with E-state index in [0.29, 0.717) is 6.04 Å². The second-order valence-corrected chi connectivity index (χ2v) is 6.82. The molecule has 2 heterocycles. The second-order valence-electron chi connectivity index (χ2n) is 6.82. The van der Waals surface area contributed by atoms with Gasteiger partial charge in [0.25, 0.3) is 5.91 Å². The Bertz CT molecular complexity index is 933. The summed E-state index contributed by atoms with van der Waals surface area (Å²) >= 11 is 0. The number of hydrogen-bond acceptors (Lipinski definition) is 3. The Balaban J connectivity index is 0.00000140. The molecule has 3 aromatic rings. The zero-order valence-electron chi connectivity index (χ0n) is 15.8. The molecule has 1 fully saturated rings. The molecule has 6 heteroatoms. The normalized spacial score (nSPS) is 16.2. The molecule has 1 atom stereocenters. The third-order valence-corrected chi connectivity index (χ3v) is 5.13. The number of aromatic nitrogens is 1. The number of hydrogen-bond donors (Lipinski definition) is 1. The van der Waals surface area contributed by atoms with E-state index in [2.05, 4.69) is 5.32 Å². The Labute approximate surface area is 178 Å². The minimum Gasteiger partial charge on any atom is -0.337 e. The van der Waals surface area contributed by atoms with Gasteiger partial charge >= 0.3 is 0 Å². The summed E-state index contributed by atoms with van der Waals surface area (Å²) in [7, 11) is 1.97. The van der Waals surface area contributed by atoms with E-state index in [-0.39, 0.29) is 30.7 Å². The van der Waals surface area contributed by atoms with Crippen molar-refractivity contribution in [3.05, 3.63) is 66.2 Å². The van der Waals surface area contributed by atoms with Crippen LogP contribution in [0.4, 0.5) is 0 Å². The first-order chi connectivity index (χ1) is 12.8. The monoisotopic (exact) mass is 417 g/mol. The number of amides is 1. The molecule has 0 bridgehead atoms. The predicted octanol–water partition coefficient (Wildman–Crippen LogP) is 4.57. The Morgan fingerprint density at radius 1 is 1.07 bits per heavy atom. The molecule has 0 radical (unpaired) electrons. The summed E-state index contributed by atoms with van der Waals surface area (Å²) < 4.78 is 0. The van der Waals surface area contributed by atoms with Gasteiger partial charge in [0.2, 0.25) is 0 Å². The summed E-state index contributed by atoms with van der Waals surface area (Å²) in [5, 5.41) is 4.23. The summed E-state index contributed by atoms with van der Waals surface area (Å²) in [5.41, 5.74) is 3.47. The fraction of sp³-hybridized carbons (Fsp3) is 0.273. The number of nitrogens with one attached hydrogen (secondary N) is 1. The van der Waals surface area contributed by atoms with Gasteiger partial charge in [-0.05, 0) is 32.0 Å². The van der Waals surface area contributed by atoms with Crippen molar-refractivity contribution in [2.45, 2.75) is 18.9 Å². The van der Waals surface area contributed by atoms with E-state index in [9.17, 15) is 4.79 Å². The lowest BCUT2D eigenvalue weighted by Gasteiger charge is -2.33.